The number of rotatable bonds is 6. The minimum absolute atomic E-state index is 0.284. The molecule has 2 saturated carbocycles. The summed E-state index contributed by atoms with van der Waals surface area (Å²) in [4.78, 5) is 11.8. The van der Waals surface area contributed by atoms with Crippen molar-refractivity contribution in [1.29, 1.82) is 0 Å². The predicted octanol–water partition coefficient (Wildman–Crippen LogP) is 4.24. The molecule has 0 aromatic rings. The van der Waals surface area contributed by atoms with Gasteiger partial charge in [-0.25, -0.2) is 4.79 Å². The maximum Gasteiger partial charge on any atom is 0.407 e. The first-order valence-electron chi connectivity index (χ1n) is 9.64. The number of hydrogen-bond acceptors (Lipinski definition) is 3. The summed E-state index contributed by atoms with van der Waals surface area (Å²) in [6, 6.07) is 0.556. The molecule has 134 valence electrons. The summed E-state index contributed by atoms with van der Waals surface area (Å²) in [5, 5.41) is 6.75. The Morgan fingerprint density at radius 2 is 1.70 bits per heavy atom. The number of nitrogens with one attached hydrogen (secondary N) is 2. The van der Waals surface area contributed by atoms with Crippen LogP contribution in [-0.2, 0) is 4.74 Å². The highest BCUT2D eigenvalue weighted by atomic mass is 16.6. The maximum absolute atomic E-state index is 11.8. The van der Waals surface area contributed by atoms with Gasteiger partial charge in [-0.2, -0.15) is 0 Å². The van der Waals surface area contributed by atoms with Gasteiger partial charge in [0, 0.05) is 12.6 Å². The Hall–Kier alpha value is -0.770. The molecular formula is C19H36N2O2. The van der Waals surface area contributed by atoms with Crippen LogP contribution in [0.5, 0.6) is 0 Å². The van der Waals surface area contributed by atoms with Crippen LogP contribution in [0.2, 0.25) is 0 Å². The van der Waals surface area contributed by atoms with Gasteiger partial charge in [0.2, 0.25) is 0 Å². The highest BCUT2D eigenvalue weighted by Gasteiger charge is 2.26. The van der Waals surface area contributed by atoms with Crippen molar-refractivity contribution in [1.82, 2.24) is 10.6 Å². The maximum atomic E-state index is 11.8. The molecule has 2 aliphatic rings. The lowest BCUT2D eigenvalue weighted by molar-refractivity contribution is 0.0510. The van der Waals surface area contributed by atoms with Gasteiger partial charge in [0.05, 0.1) is 0 Å². The van der Waals surface area contributed by atoms with Crippen molar-refractivity contribution < 1.29 is 9.53 Å². The second kappa shape index (κ2) is 8.91. The quantitative estimate of drug-likeness (QED) is 0.768. The van der Waals surface area contributed by atoms with E-state index in [9.17, 15) is 4.79 Å². The molecule has 0 saturated heterocycles. The third-order valence-corrected chi connectivity index (χ3v) is 5.25. The fourth-order valence-electron chi connectivity index (χ4n) is 4.02. The van der Waals surface area contributed by atoms with Crippen LogP contribution in [-0.4, -0.2) is 30.8 Å². The van der Waals surface area contributed by atoms with Crippen LogP contribution < -0.4 is 10.6 Å². The zero-order valence-electron chi connectivity index (χ0n) is 15.3. The van der Waals surface area contributed by atoms with E-state index in [-0.39, 0.29) is 6.09 Å². The third kappa shape index (κ3) is 7.11. The Kier molecular flexibility index (Phi) is 7.19. The van der Waals surface area contributed by atoms with Crippen molar-refractivity contribution in [2.24, 2.45) is 11.8 Å². The van der Waals surface area contributed by atoms with E-state index >= 15 is 0 Å². The standard InChI is InChI=1S/C19H36N2O2/c1-19(2,3)23-18(22)21-14-16-10-6-7-11-17(16)20-13-12-15-8-4-5-9-15/h15-17,20H,4-14H2,1-3H3,(H,21,22). The van der Waals surface area contributed by atoms with Crippen LogP contribution in [0, 0.1) is 11.8 Å². The number of hydrogen-bond donors (Lipinski definition) is 2. The first kappa shape index (κ1) is 18.6. The molecule has 2 fully saturated rings. The summed E-state index contributed by atoms with van der Waals surface area (Å²) in [6.07, 6.45) is 11.8. The van der Waals surface area contributed by atoms with Gasteiger partial charge in [-0.1, -0.05) is 38.5 Å². The molecule has 2 N–H and O–H groups in total. The molecule has 2 atom stereocenters. The molecule has 2 rings (SSSR count). The zero-order valence-corrected chi connectivity index (χ0v) is 15.3. The van der Waals surface area contributed by atoms with Gasteiger partial charge in [0.15, 0.2) is 0 Å². The van der Waals surface area contributed by atoms with E-state index in [2.05, 4.69) is 10.6 Å². The SMILES string of the molecule is CC(C)(C)OC(=O)NCC1CCCCC1NCCC1CCCC1. The van der Waals surface area contributed by atoms with Gasteiger partial charge >= 0.3 is 6.09 Å². The second-order valence-electron chi connectivity index (χ2n) is 8.43. The number of amides is 1. The summed E-state index contributed by atoms with van der Waals surface area (Å²) in [6.45, 7) is 7.58. The Labute approximate surface area is 142 Å². The molecule has 0 aromatic heterocycles. The first-order chi connectivity index (χ1) is 10.9. The smallest absolute Gasteiger partial charge is 0.407 e. The molecule has 23 heavy (non-hydrogen) atoms. The highest BCUT2D eigenvalue weighted by Crippen LogP contribution is 2.28. The van der Waals surface area contributed by atoms with Gasteiger partial charge in [-0.3, -0.25) is 0 Å². The second-order valence-corrected chi connectivity index (χ2v) is 8.43. The molecule has 0 spiro atoms. The Balaban J connectivity index is 1.68. The lowest BCUT2D eigenvalue weighted by Crippen LogP contribution is -2.45. The molecule has 0 aliphatic heterocycles. The van der Waals surface area contributed by atoms with E-state index in [0.717, 1.165) is 19.0 Å². The number of carbonyl (C=O) groups excluding carboxylic acids is 1. The summed E-state index contributed by atoms with van der Waals surface area (Å²) >= 11 is 0. The molecule has 0 radical (unpaired) electrons. The van der Waals surface area contributed by atoms with Crippen LogP contribution in [0.25, 0.3) is 0 Å². The van der Waals surface area contributed by atoms with Gasteiger partial charge in [-0.15, -0.1) is 0 Å². The Morgan fingerprint density at radius 3 is 2.39 bits per heavy atom. The van der Waals surface area contributed by atoms with Crippen molar-refractivity contribution in [2.75, 3.05) is 13.1 Å². The molecular weight excluding hydrogens is 288 g/mol. The fraction of sp³-hybridized carbons (Fsp3) is 0.947. The van der Waals surface area contributed by atoms with Crippen LogP contribution in [0.3, 0.4) is 0 Å². The van der Waals surface area contributed by atoms with E-state index in [1.54, 1.807) is 0 Å². The van der Waals surface area contributed by atoms with E-state index in [1.165, 1.54) is 57.8 Å². The number of carbonyl (C=O) groups is 1. The summed E-state index contributed by atoms with van der Waals surface area (Å²) in [7, 11) is 0. The molecule has 0 aromatic carbocycles. The van der Waals surface area contributed by atoms with Crippen molar-refractivity contribution in [3.05, 3.63) is 0 Å². The van der Waals surface area contributed by atoms with Crippen LogP contribution in [0.15, 0.2) is 0 Å². The normalized spacial score (nSPS) is 26.2. The molecule has 2 unspecified atom stereocenters. The van der Waals surface area contributed by atoms with Crippen molar-refractivity contribution in [2.45, 2.75) is 90.2 Å². The van der Waals surface area contributed by atoms with Gasteiger partial charge < -0.3 is 15.4 Å². The number of ether oxygens (including phenoxy) is 1. The Morgan fingerprint density at radius 1 is 1.04 bits per heavy atom. The lowest BCUT2D eigenvalue weighted by Gasteiger charge is -2.33. The van der Waals surface area contributed by atoms with Gasteiger partial charge in [0.25, 0.3) is 0 Å². The molecule has 4 heteroatoms. The van der Waals surface area contributed by atoms with Crippen molar-refractivity contribution >= 4 is 6.09 Å². The fourth-order valence-corrected chi connectivity index (χ4v) is 4.02. The van der Waals surface area contributed by atoms with Crippen molar-refractivity contribution in [3.63, 3.8) is 0 Å². The molecule has 0 heterocycles. The van der Waals surface area contributed by atoms with E-state index < -0.39 is 5.60 Å². The summed E-state index contributed by atoms with van der Waals surface area (Å²) in [5.41, 5.74) is -0.421. The molecule has 0 bridgehead atoms. The van der Waals surface area contributed by atoms with Crippen molar-refractivity contribution in [3.8, 4) is 0 Å². The number of alkyl carbamates (subject to hydrolysis) is 1. The van der Waals surface area contributed by atoms with Gasteiger partial charge in [-0.05, 0) is 58.4 Å². The highest BCUT2D eigenvalue weighted by molar-refractivity contribution is 5.67. The summed E-state index contributed by atoms with van der Waals surface area (Å²) < 4.78 is 5.34. The summed E-state index contributed by atoms with van der Waals surface area (Å²) in [5.74, 6) is 1.49. The average molecular weight is 325 g/mol. The van der Waals surface area contributed by atoms with Gasteiger partial charge in [0.1, 0.15) is 5.60 Å². The van der Waals surface area contributed by atoms with Crippen LogP contribution in [0.1, 0.15) is 78.6 Å². The molecule has 4 nitrogen and oxygen atoms in total. The van der Waals surface area contributed by atoms with E-state index in [4.69, 9.17) is 4.74 Å². The largest absolute Gasteiger partial charge is 0.444 e. The van der Waals surface area contributed by atoms with Crippen LogP contribution >= 0.6 is 0 Å². The van der Waals surface area contributed by atoms with Crippen LogP contribution in [0.4, 0.5) is 4.79 Å². The minimum Gasteiger partial charge on any atom is -0.444 e. The molecule has 1 amide bonds. The average Bonchev–Trinajstić information content (AvgIpc) is 2.98. The zero-order chi connectivity index (χ0) is 16.7. The predicted molar refractivity (Wildman–Crippen MR) is 94.6 cm³/mol. The van der Waals surface area contributed by atoms with E-state index in [0.29, 0.717) is 12.0 Å². The topological polar surface area (TPSA) is 50.4 Å². The van der Waals surface area contributed by atoms with E-state index in [1.807, 2.05) is 20.8 Å². The molecule has 2 aliphatic carbocycles. The monoisotopic (exact) mass is 324 g/mol. The Bertz CT molecular complexity index is 359. The lowest BCUT2D eigenvalue weighted by atomic mass is 9.84. The third-order valence-electron chi connectivity index (χ3n) is 5.25. The first-order valence-corrected chi connectivity index (χ1v) is 9.64. The minimum atomic E-state index is -0.421.